The number of hydrogen-bond donors (Lipinski definition) is 2. The zero-order valence-electron chi connectivity index (χ0n) is 18.4. The molecule has 2 N–H and O–H groups in total. The largest absolute Gasteiger partial charge is 0.459 e. The second-order valence-corrected chi connectivity index (χ2v) is 8.74. The van der Waals surface area contributed by atoms with Gasteiger partial charge in [-0.05, 0) is 43.6 Å². The molecule has 0 aliphatic heterocycles. The topological polar surface area (TPSA) is 66.8 Å². The molecule has 0 amide bonds. The van der Waals surface area contributed by atoms with Crippen LogP contribution in [-0.2, 0) is 9.53 Å². The van der Waals surface area contributed by atoms with Gasteiger partial charge < -0.3 is 14.9 Å². The first-order valence-corrected chi connectivity index (χ1v) is 10.9. The lowest BCUT2D eigenvalue weighted by atomic mass is 9.91. The highest BCUT2D eigenvalue weighted by molar-refractivity contribution is 5.74. The van der Waals surface area contributed by atoms with Gasteiger partial charge in [0.1, 0.15) is 6.61 Å². The van der Waals surface area contributed by atoms with E-state index in [9.17, 15) is 4.79 Å². The van der Waals surface area contributed by atoms with Crippen molar-refractivity contribution in [1.82, 2.24) is 0 Å². The lowest BCUT2D eigenvalue weighted by Gasteiger charge is -2.15. The van der Waals surface area contributed by atoms with Gasteiger partial charge >= 0.3 is 5.97 Å². The summed E-state index contributed by atoms with van der Waals surface area (Å²) in [7, 11) is 0. The number of aliphatic hydroxyl groups is 2. The summed E-state index contributed by atoms with van der Waals surface area (Å²) >= 11 is 0. The van der Waals surface area contributed by atoms with Crippen molar-refractivity contribution in [3.63, 3.8) is 0 Å². The fraction of sp³-hybridized carbons (Fsp3) is 0.870. The minimum atomic E-state index is -1.43. The number of carbonyl (C=O) groups is 1. The van der Waals surface area contributed by atoms with Crippen LogP contribution in [0.25, 0.3) is 0 Å². The van der Waals surface area contributed by atoms with Gasteiger partial charge in [0, 0.05) is 0 Å². The molecule has 0 aliphatic rings. The van der Waals surface area contributed by atoms with E-state index in [-0.39, 0.29) is 6.61 Å². The molecule has 3 atom stereocenters. The summed E-state index contributed by atoms with van der Waals surface area (Å²) in [4.78, 5) is 11.2. The number of carbonyl (C=O) groups excluding carboxylic acids is 1. The van der Waals surface area contributed by atoms with Crippen LogP contribution in [0.15, 0.2) is 11.6 Å². The first-order valence-electron chi connectivity index (χ1n) is 10.9. The van der Waals surface area contributed by atoms with Crippen molar-refractivity contribution < 1.29 is 19.7 Å². The molecule has 0 saturated heterocycles. The fourth-order valence-corrected chi connectivity index (χ4v) is 3.25. The third-order valence-corrected chi connectivity index (χ3v) is 5.24. The van der Waals surface area contributed by atoms with Crippen LogP contribution in [0.5, 0.6) is 0 Å². The zero-order chi connectivity index (χ0) is 20.7. The summed E-state index contributed by atoms with van der Waals surface area (Å²) < 4.78 is 4.88. The smallest absolute Gasteiger partial charge is 0.337 e. The summed E-state index contributed by atoms with van der Waals surface area (Å²) in [5.74, 6) is 1.67. The van der Waals surface area contributed by atoms with E-state index in [0.29, 0.717) is 0 Å². The molecule has 4 heteroatoms. The highest BCUT2D eigenvalue weighted by Gasteiger charge is 2.14. The van der Waals surface area contributed by atoms with Crippen molar-refractivity contribution in [2.75, 3.05) is 13.2 Å². The summed E-state index contributed by atoms with van der Waals surface area (Å²) in [6.07, 6.45) is 11.9. The predicted octanol–water partition coefficient (Wildman–Crippen LogP) is 5.27. The van der Waals surface area contributed by atoms with Crippen LogP contribution >= 0.6 is 0 Å². The number of hydrogen-bond acceptors (Lipinski definition) is 4. The molecule has 0 radical (unpaired) electrons. The Bertz CT molecular complexity index is 403. The van der Waals surface area contributed by atoms with Gasteiger partial charge in [-0.1, -0.05) is 78.2 Å². The zero-order valence-corrected chi connectivity index (χ0v) is 18.4. The molecule has 0 saturated carbocycles. The number of esters is 1. The molecule has 27 heavy (non-hydrogen) atoms. The van der Waals surface area contributed by atoms with Crippen LogP contribution in [-0.4, -0.2) is 35.5 Å². The average Bonchev–Trinajstić information content (AvgIpc) is 2.60. The SMILES string of the molecule is C/C(=C\COC(=O)C(O)CO)CCC[C@H](C)CCC[C@H](C)CCCC(C)C. The minimum absolute atomic E-state index is 0.159. The van der Waals surface area contributed by atoms with Crippen LogP contribution in [0.4, 0.5) is 0 Å². The lowest BCUT2D eigenvalue weighted by Crippen LogP contribution is -2.26. The van der Waals surface area contributed by atoms with E-state index < -0.39 is 18.7 Å². The Kier molecular flexibility index (Phi) is 15.6. The monoisotopic (exact) mass is 384 g/mol. The van der Waals surface area contributed by atoms with E-state index in [1.807, 2.05) is 13.0 Å². The summed E-state index contributed by atoms with van der Waals surface area (Å²) in [6, 6.07) is 0. The van der Waals surface area contributed by atoms with Gasteiger partial charge in [-0.15, -0.1) is 0 Å². The van der Waals surface area contributed by atoms with Crippen molar-refractivity contribution >= 4 is 5.97 Å². The maximum absolute atomic E-state index is 11.2. The Balaban J connectivity index is 3.73. The van der Waals surface area contributed by atoms with Crippen molar-refractivity contribution in [2.45, 2.75) is 98.5 Å². The molecular weight excluding hydrogens is 340 g/mol. The van der Waals surface area contributed by atoms with Gasteiger partial charge in [-0.25, -0.2) is 4.79 Å². The molecule has 0 fully saturated rings. The standard InChI is InChI=1S/C23H44O4/c1-18(2)9-6-10-19(3)11-7-12-20(4)13-8-14-21(5)15-16-27-23(26)22(25)17-24/h15,18-20,22,24-25H,6-14,16-17H2,1-5H3/b21-15+/t19-,20-,22?/m1/s1. The van der Waals surface area contributed by atoms with E-state index in [0.717, 1.165) is 30.6 Å². The van der Waals surface area contributed by atoms with E-state index in [1.54, 1.807) is 0 Å². The minimum Gasteiger partial charge on any atom is -0.459 e. The van der Waals surface area contributed by atoms with E-state index in [2.05, 4.69) is 27.7 Å². The van der Waals surface area contributed by atoms with Gasteiger partial charge in [0.05, 0.1) is 6.61 Å². The third kappa shape index (κ3) is 15.8. The lowest BCUT2D eigenvalue weighted by molar-refractivity contribution is -0.154. The van der Waals surface area contributed by atoms with Gasteiger partial charge in [-0.3, -0.25) is 0 Å². The highest BCUT2D eigenvalue weighted by atomic mass is 16.5. The Morgan fingerprint density at radius 1 is 0.926 bits per heavy atom. The van der Waals surface area contributed by atoms with E-state index >= 15 is 0 Å². The molecule has 0 rings (SSSR count). The van der Waals surface area contributed by atoms with Crippen LogP contribution in [0.3, 0.4) is 0 Å². The van der Waals surface area contributed by atoms with E-state index in [1.165, 1.54) is 50.5 Å². The van der Waals surface area contributed by atoms with Crippen molar-refractivity contribution in [2.24, 2.45) is 17.8 Å². The number of ether oxygens (including phenoxy) is 1. The Morgan fingerprint density at radius 3 is 1.96 bits per heavy atom. The van der Waals surface area contributed by atoms with E-state index in [4.69, 9.17) is 14.9 Å². The first kappa shape index (κ1) is 26.1. The van der Waals surface area contributed by atoms with Gasteiger partial charge in [-0.2, -0.15) is 0 Å². The van der Waals surface area contributed by atoms with Crippen molar-refractivity contribution in [3.05, 3.63) is 11.6 Å². The van der Waals surface area contributed by atoms with Crippen LogP contribution in [0.2, 0.25) is 0 Å². The first-order chi connectivity index (χ1) is 12.8. The Morgan fingerprint density at radius 2 is 1.44 bits per heavy atom. The Hall–Kier alpha value is -0.870. The summed E-state index contributed by atoms with van der Waals surface area (Å²) in [6.45, 7) is 10.9. The fourth-order valence-electron chi connectivity index (χ4n) is 3.25. The number of allylic oxidation sites excluding steroid dienone is 1. The molecule has 0 spiro atoms. The second-order valence-electron chi connectivity index (χ2n) is 8.74. The van der Waals surface area contributed by atoms with Crippen LogP contribution in [0, 0.1) is 17.8 Å². The predicted molar refractivity (Wildman–Crippen MR) is 113 cm³/mol. The van der Waals surface area contributed by atoms with Gasteiger partial charge in [0.25, 0.3) is 0 Å². The number of aliphatic hydroxyl groups excluding tert-OH is 2. The van der Waals surface area contributed by atoms with Crippen molar-refractivity contribution in [3.8, 4) is 0 Å². The highest BCUT2D eigenvalue weighted by Crippen LogP contribution is 2.22. The molecule has 160 valence electrons. The van der Waals surface area contributed by atoms with Crippen LogP contribution in [0.1, 0.15) is 92.4 Å². The van der Waals surface area contributed by atoms with Gasteiger partial charge in [0.15, 0.2) is 6.10 Å². The maximum Gasteiger partial charge on any atom is 0.337 e. The number of rotatable bonds is 16. The molecule has 0 aliphatic carbocycles. The quantitative estimate of drug-likeness (QED) is 0.281. The summed E-state index contributed by atoms with van der Waals surface area (Å²) in [5, 5.41) is 17.8. The molecule has 0 aromatic rings. The van der Waals surface area contributed by atoms with Crippen LogP contribution < -0.4 is 0 Å². The van der Waals surface area contributed by atoms with Gasteiger partial charge in [0.2, 0.25) is 0 Å². The summed E-state index contributed by atoms with van der Waals surface area (Å²) in [5.41, 5.74) is 1.20. The normalized spacial score (nSPS) is 15.6. The maximum atomic E-state index is 11.2. The van der Waals surface area contributed by atoms with Crippen molar-refractivity contribution in [1.29, 1.82) is 0 Å². The molecule has 0 bridgehead atoms. The second kappa shape index (κ2) is 16.1. The molecular formula is C23H44O4. The molecule has 0 aromatic carbocycles. The molecule has 0 heterocycles. The third-order valence-electron chi connectivity index (χ3n) is 5.24. The average molecular weight is 385 g/mol. The Labute approximate surface area is 167 Å². The molecule has 0 aromatic heterocycles. The molecule has 1 unspecified atom stereocenters. The molecule has 4 nitrogen and oxygen atoms in total.